The summed E-state index contributed by atoms with van der Waals surface area (Å²) < 4.78 is 13.2. The maximum absolute atomic E-state index is 11.4. The largest absolute Gasteiger partial charge is 0.427 e. The summed E-state index contributed by atoms with van der Waals surface area (Å²) in [5.74, 6) is 0.114. The van der Waals surface area contributed by atoms with E-state index in [0.717, 1.165) is 20.1 Å². The lowest BCUT2D eigenvalue weighted by Crippen LogP contribution is -2.21. The molecule has 0 saturated carbocycles. The molecule has 0 aromatic heterocycles. The van der Waals surface area contributed by atoms with Gasteiger partial charge in [-0.25, -0.2) is 0 Å². The Labute approximate surface area is 191 Å². The molecule has 0 bridgehead atoms. The number of esters is 2. The zero-order valence-electron chi connectivity index (χ0n) is 15.0. The maximum atomic E-state index is 11.4. The van der Waals surface area contributed by atoms with Crippen LogP contribution in [0.1, 0.15) is 38.8 Å². The van der Waals surface area contributed by atoms with E-state index in [0.29, 0.717) is 20.4 Å². The second-order valence-electron chi connectivity index (χ2n) is 6.30. The van der Waals surface area contributed by atoms with Gasteiger partial charge in [-0.3, -0.25) is 9.59 Å². The molecular weight excluding hydrogens is 612 g/mol. The maximum Gasteiger partial charge on any atom is 0.308 e. The smallest absolute Gasteiger partial charge is 0.308 e. The number of halogens is 4. The summed E-state index contributed by atoms with van der Waals surface area (Å²) in [5, 5.41) is 0. The van der Waals surface area contributed by atoms with Crippen LogP contribution in [0.3, 0.4) is 0 Å². The van der Waals surface area contributed by atoms with Crippen molar-refractivity contribution in [2.75, 3.05) is 0 Å². The minimum atomic E-state index is -0.424. The van der Waals surface area contributed by atoms with Gasteiger partial charge in [-0.2, -0.15) is 0 Å². The lowest BCUT2D eigenvalue weighted by Gasteiger charge is -2.30. The summed E-state index contributed by atoms with van der Waals surface area (Å²) in [6.07, 6.45) is 0. The molecular formula is C19H16Br4O4. The average molecular weight is 628 g/mol. The average Bonchev–Trinajstić information content (AvgIpc) is 2.56. The van der Waals surface area contributed by atoms with Crippen molar-refractivity contribution in [1.29, 1.82) is 0 Å². The first-order valence-electron chi connectivity index (χ1n) is 7.80. The molecule has 0 fully saturated rings. The van der Waals surface area contributed by atoms with Crippen molar-refractivity contribution in [2.24, 2.45) is 0 Å². The van der Waals surface area contributed by atoms with Crippen molar-refractivity contribution >= 4 is 75.7 Å². The van der Waals surface area contributed by atoms with E-state index in [1.807, 2.05) is 12.1 Å². The third kappa shape index (κ3) is 4.83. The number of benzene rings is 2. The number of carbonyl (C=O) groups is 2. The Morgan fingerprint density at radius 1 is 0.778 bits per heavy atom. The van der Waals surface area contributed by atoms with Gasteiger partial charge in [0.25, 0.3) is 0 Å². The predicted octanol–water partition coefficient (Wildman–Crippen LogP) is 6.91. The Balaban J connectivity index is 2.58. The lowest BCUT2D eigenvalue weighted by molar-refractivity contribution is -0.132. The first-order chi connectivity index (χ1) is 12.5. The fourth-order valence-corrected chi connectivity index (χ4v) is 5.88. The lowest BCUT2D eigenvalue weighted by atomic mass is 9.78. The molecule has 0 amide bonds. The quantitative estimate of drug-likeness (QED) is 0.210. The van der Waals surface area contributed by atoms with Crippen LogP contribution in [0.5, 0.6) is 11.5 Å². The van der Waals surface area contributed by atoms with Crippen LogP contribution in [0, 0.1) is 0 Å². The van der Waals surface area contributed by atoms with Crippen molar-refractivity contribution in [1.82, 2.24) is 0 Å². The van der Waals surface area contributed by atoms with Gasteiger partial charge in [0, 0.05) is 28.2 Å². The molecule has 2 rings (SSSR count). The summed E-state index contributed by atoms with van der Waals surface area (Å²) in [6, 6.07) is 7.35. The van der Waals surface area contributed by atoms with Gasteiger partial charge in [-0.05, 0) is 87.0 Å². The van der Waals surface area contributed by atoms with Crippen LogP contribution in [0.25, 0.3) is 0 Å². The SMILES string of the molecule is CC(=O)Oc1ccc(C(C)(C)c2c(Br)c(Br)c(OC(C)=O)c(Br)c2Br)cc1. The fraction of sp³-hybridized carbons (Fsp3) is 0.263. The minimum Gasteiger partial charge on any atom is -0.427 e. The monoisotopic (exact) mass is 624 g/mol. The Hall–Kier alpha value is -0.700. The van der Waals surface area contributed by atoms with Crippen LogP contribution >= 0.6 is 63.7 Å². The molecule has 4 nitrogen and oxygen atoms in total. The molecule has 8 heteroatoms. The Morgan fingerprint density at radius 3 is 1.63 bits per heavy atom. The summed E-state index contributed by atoms with van der Waals surface area (Å²) in [4.78, 5) is 22.5. The molecule has 2 aromatic rings. The molecule has 144 valence electrons. The second-order valence-corrected chi connectivity index (χ2v) is 9.47. The Bertz CT molecular complexity index is 876. The van der Waals surface area contributed by atoms with Gasteiger partial charge in [0.1, 0.15) is 5.75 Å². The molecule has 0 saturated heterocycles. The number of rotatable bonds is 4. The van der Waals surface area contributed by atoms with E-state index in [9.17, 15) is 9.59 Å². The number of hydrogen-bond acceptors (Lipinski definition) is 4. The first kappa shape index (κ1) is 22.6. The van der Waals surface area contributed by atoms with Gasteiger partial charge in [0.05, 0.1) is 8.95 Å². The molecule has 0 spiro atoms. The van der Waals surface area contributed by atoms with Crippen molar-refractivity contribution in [3.63, 3.8) is 0 Å². The molecule has 2 aromatic carbocycles. The van der Waals surface area contributed by atoms with E-state index in [1.165, 1.54) is 13.8 Å². The van der Waals surface area contributed by atoms with Gasteiger partial charge in [-0.1, -0.05) is 26.0 Å². The molecule has 0 atom stereocenters. The van der Waals surface area contributed by atoms with Crippen LogP contribution in [-0.2, 0) is 15.0 Å². The van der Waals surface area contributed by atoms with E-state index >= 15 is 0 Å². The first-order valence-corrected chi connectivity index (χ1v) is 11.0. The third-order valence-corrected chi connectivity index (χ3v) is 8.09. The van der Waals surface area contributed by atoms with Crippen molar-refractivity contribution < 1.29 is 19.1 Å². The highest BCUT2D eigenvalue weighted by atomic mass is 79.9. The zero-order chi connectivity index (χ0) is 20.5. The van der Waals surface area contributed by atoms with Gasteiger partial charge in [0.2, 0.25) is 0 Å². The molecule has 0 heterocycles. The Kier molecular flexibility index (Phi) is 7.33. The molecule has 0 aliphatic rings. The summed E-state index contributed by atoms with van der Waals surface area (Å²) in [7, 11) is 0. The minimum absolute atomic E-state index is 0.360. The third-order valence-electron chi connectivity index (χ3n) is 3.93. The molecule has 27 heavy (non-hydrogen) atoms. The van der Waals surface area contributed by atoms with E-state index < -0.39 is 11.4 Å². The summed E-state index contributed by atoms with van der Waals surface area (Å²) in [6.45, 7) is 6.86. The van der Waals surface area contributed by atoms with Gasteiger partial charge >= 0.3 is 11.9 Å². The highest BCUT2D eigenvalue weighted by Crippen LogP contribution is 2.51. The number of ether oxygens (including phenoxy) is 2. The van der Waals surface area contributed by atoms with Gasteiger partial charge < -0.3 is 9.47 Å². The molecule has 0 aliphatic carbocycles. The normalized spacial score (nSPS) is 11.3. The fourth-order valence-electron chi connectivity index (χ4n) is 2.64. The van der Waals surface area contributed by atoms with E-state index in [4.69, 9.17) is 9.47 Å². The highest BCUT2D eigenvalue weighted by molar-refractivity contribution is 9.14. The predicted molar refractivity (Wildman–Crippen MR) is 118 cm³/mol. The summed E-state index contributed by atoms with van der Waals surface area (Å²) >= 11 is 14.3. The molecule has 0 aliphatic heterocycles. The molecule has 0 radical (unpaired) electrons. The zero-order valence-corrected chi connectivity index (χ0v) is 21.3. The van der Waals surface area contributed by atoms with Gasteiger partial charge in [0.15, 0.2) is 5.75 Å². The van der Waals surface area contributed by atoms with Crippen molar-refractivity contribution in [2.45, 2.75) is 33.1 Å². The van der Waals surface area contributed by atoms with E-state index in [1.54, 1.807) is 12.1 Å². The topological polar surface area (TPSA) is 52.6 Å². The second kappa shape index (κ2) is 8.76. The summed E-state index contributed by atoms with van der Waals surface area (Å²) in [5.41, 5.74) is 1.54. The van der Waals surface area contributed by atoms with Crippen LogP contribution < -0.4 is 9.47 Å². The number of carbonyl (C=O) groups excluding carboxylic acids is 2. The van der Waals surface area contributed by atoms with Crippen molar-refractivity contribution in [3.05, 3.63) is 53.3 Å². The Morgan fingerprint density at radius 2 is 1.22 bits per heavy atom. The van der Waals surface area contributed by atoms with Crippen LogP contribution in [0.15, 0.2) is 42.2 Å². The van der Waals surface area contributed by atoms with Crippen molar-refractivity contribution in [3.8, 4) is 11.5 Å². The van der Waals surface area contributed by atoms with E-state index in [2.05, 4.69) is 77.6 Å². The van der Waals surface area contributed by atoms with Crippen LogP contribution in [0.2, 0.25) is 0 Å². The standard InChI is InChI=1S/C19H16Br4O4/c1-9(24)26-12-7-5-11(6-8-12)19(3,4)13-14(20)16(22)18(27-10(2)25)17(23)15(13)21/h5-8H,1-4H3. The van der Waals surface area contributed by atoms with Gasteiger partial charge in [-0.15, -0.1) is 0 Å². The van der Waals surface area contributed by atoms with Crippen LogP contribution in [0.4, 0.5) is 0 Å². The van der Waals surface area contributed by atoms with E-state index in [-0.39, 0.29) is 5.97 Å². The molecule has 0 unspecified atom stereocenters. The highest BCUT2D eigenvalue weighted by Gasteiger charge is 2.32. The molecule has 0 N–H and O–H groups in total. The van der Waals surface area contributed by atoms with Crippen LogP contribution in [-0.4, -0.2) is 11.9 Å². The number of hydrogen-bond donors (Lipinski definition) is 0.